The number of ether oxygens (including phenoxy) is 1. The van der Waals surface area contributed by atoms with Gasteiger partial charge in [0.2, 0.25) is 5.76 Å². The van der Waals surface area contributed by atoms with E-state index in [4.69, 9.17) is 9.15 Å². The van der Waals surface area contributed by atoms with Crippen LogP contribution in [0.25, 0.3) is 21.9 Å². The Balaban J connectivity index is 1.61. The van der Waals surface area contributed by atoms with Crippen LogP contribution in [0.15, 0.2) is 83.5 Å². The third kappa shape index (κ3) is 3.49. The molecule has 4 rings (SSSR count). The van der Waals surface area contributed by atoms with Crippen molar-refractivity contribution in [2.24, 2.45) is 0 Å². The van der Waals surface area contributed by atoms with Crippen molar-refractivity contribution in [1.29, 1.82) is 0 Å². The first-order valence-electron chi connectivity index (χ1n) is 9.07. The molecule has 0 N–H and O–H groups in total. The predicted octanol–water partition coefficient (Wildman–Crippen LogP) is 6.02. The summed E-state index contributed by atoms with van der Waals surface area (Å²) in [5.41, 5.74) is 3.81. The zero-order valence-corrected chi connectivity index (χ0v) is 15.1. The van der Waals surface area contributed by atoms with Crippen molar-refractivity contribution in [2.75, 3.05) is 0 Å². The summed E-state index contributed by atoms with van der Waals surface area (Å²) in [6.45, 7) is 2.25. The molecule has 0 radical (unpaired) electrons. The molecule has 3 nitrogen and oxygen atoms in total. The SMILES string of the molecule is CCc1c(-c2ccc3ccccc3c2)coc1C(=O)OCc1ccccc1. The van der Waals surface area contributed by atoms with Crippen LogP contribution in [0.2, 0.25) is 0 Å². The third-order valence-corrected chi connectivity index (χ3v) is 4.71. The Morgan fingerprint density at radius 1 is 0.926 bits per heavy atom. The monoisotopic (exact) mass is 356 g/mol. The summed E-state index contributed by atoms with van der Waals surface area (Å²) >= 11 is 0. The highest BCUT2D eigenvalue weighted by Gasteiger charge is 2.21. The fourth-order valence-electron chi connectivity index (χ4n) is 3.29. The van der Waals surface area contributed by atoms with E-state index < -0.39 is 5.97 Å². The molecule has 0 spiro atoms. The highest BCUT2D eigenvalue weighted by molar-refractivity contribution is 5.93. The predicted molar refractivity (Wildman–Crippen MR) is 107 cm³/mol. The largest absolute Gasteiger partial charge is 0.456 e. The van der Waals surface area contributed by atoms with Gasteiger partial charge in [0.25, 0.3) is 0 Å². The van der Waals surface area contributed by atoms with E-state index in [1.165, 1.54) is 5.39 Å². The molecule has 1 heterocycles. The average molecular weight is 356 g/mol. The van der Waals surface area contributed by atoms with Crippen molar-refractivity contribution in [1.82, 2.24) is 0 Å². The first-order valence-corrected chi connectivity index (χ1v) is 9.07. The molecular weight excluding hydrogens is 336 g/mol. The number of hydrogen-bond acceptors (Lipinski definition) is 3. The lowest BCUT2D eigenvalue weighted by atomic mass is 9.98. The number of rotatable bonds is 5. The molecule has 0 aliphatic heterocycles. The van der Waals surface area contributed by atoms with Crippen LogP contribution in [0.4, 0.5) is 0 Å². The summed E-state index contributed by atoms with van der Waals surface area (Å²) in [5, 5.41) is 2.34. The number of benzene rings is 3. The fraction of sp³-hybridized carbons (Fsp3) is 0.125. The molecule has 0 unspecified atom stereocenters. The molecule has 4 aromatic rings. The van der Waals surface area contributed by atoms with Crippen molar-refractivity contribution >= 4 is 16.7 Å². The normalized spacial score (nSPS) is 10.9. The maximum absolute atomic E-state index is 12.5. The van der Waals surface area contributed by atoms with Gasteiger partial charge in [-0.2, -0.15) is 0 Å². The number of fused-ring (bicyclic) bond motifs is 1. The van der Waals surface area contributed by atoms with Crippen LogP contribution in [0.1, 0.15) is 28.6 Å². The summed E-state index contributed by atoms with van der Waals surface area (Å²) in [7, 11) is 0. The van der Waals surface area contributed by atoms with Gasteiger partial charge < -0.3 is 9.15 Å². The van der Waals surface area contributed by atoms with Gasteiger partial charge in [-0.3, -0.25) is 0 Å². The van der Waals surface area contributed by atoms with Gasteiger partial charge in [0.1, 0.15) is 6.61 Å². The fourth-order valence-corrected chi connectivity index (χ4v) is 3.29. The van der Waals surface area contributed by atoms with Crippen LogP contribution in [0.3, 0.4) is 0 Å². The van der Waals surface area contributed by atoms with Gasteiger partial charge in [0, 0.05) is 11.1 Å². The van der Waals surface area contributed by atoms with Crippen molar-refractivity contribution in [2.45, 2.75) is 20.0 Å². The highest BCUT2D eigenvalue weighted by Crippen LogP contribution is 2.31. The summed E-state index contributed by atoms with van der Waals surface area (Å²) in [4.78, 5) is 12.5. The molecular formula is C24H20O3. The lowest BCUT2D eigenvalue weighted by molar-refractivity contribution is 0.0434. The number of carbonyl (C=O) groups is 1. The van der Waals surface area contributed by atoms with E-state index in [0.29, 0.717) is 6.42 Å². The number of furan rings is 1. The Kier molecular flexibility index (Phi) is 4.75. The van der Waals surface area contributed by atoms with Crippen molar-refractivity contribution in [3.8, 4) is 11.1 Å². The number of hydrogen-bond donors (Lipinski definition) is 0. The van der Waals surface area contributed by atoms with E-state index in [9.17, 15) is 4.79 Å². The Morgan fingerprint density at radius 2 is 1.67 bits per heavy atom. The van der Waals surface area contributed by atoms with Crippen LogP contribution >= 0.6 is 0 Å². The zero-order chi connectivity index (χ0) is 18.6. The van der Waals surface area contributed by atoms with Gasteiger partial charge in [0.05, 0.1) is 6.26 Å². The van der Waals surface area contributed by atoms with Crippen LogP contribution in [-0.2, 0) is 17.8 Å². The van der Waals surface area contributed by atoms with E-state index in [0.717, 1.165) is 27.6 Å². The molecule has 0 aliphatic rings. The summed E-state index contributed by atoms with van der Waals surface area (Å²) in [5.74, 6) is -0.140. The molecule has 0 saturated carbocycles. The summed E-state index contributed by atoms with van der Waals surface area (Å²) in [6, 6.07) is 24.1. The van der Waals surface area contributed by atoms with Crippen LogP contribution in [0.5, 0.6) is 0 Å². The standard InChI is InChI=1S/C24H20O3/c1-2-21-22(20-13-12-18-10-6-7-11-19(18)14-20)16-26-23(21)24(25)27-15-17-8-4-3-5-9-17/h3-14,16H,2,15H2,1H3. The maximum Gasteiger partial charge on any atom is 0.374 e. The molecule has 0 fully saturated rings. The lowest BCUT2D eigenvalue weighted by Gasteiger charge is -2.06. The molecule has 27 heavy (non-hydrogen) atoms. The minimum atomic E-state index is -0.428. The van der Waals surface area contributed by atoms with Crippen molar-refractivity contribution < 1.29 is 13.9 Å². The van der Waals surface area contributed by atoms with Gasteiger partial charge in [0.15, 0.2) is 0 Å². The maximum atomic E-state index is 12.5. The Bertz CT molecular complexity index is 1080. The smallest absolute Gasteiger partial charge is 0.374 e. The minimum absolute atomic E-state index is 0.231. The Labute approximate surface area is 158 Å². The second-order valence-corrected chi connectivity index (χ2v) is 6.43. The van der Waals surface area contributed by atoms with Crippen LogP contribution < -0.4 is 0 Å². The second kappa shape index (κ2) is 7.50. The molecule has 0 bridgehead atoms. The van der Waals surface area contributed by atoms with Gasteiger partial charge in [-0.1, -0.05) is 73.7 Å². The first-order chi connectivity index (χ1) is 13.3. The average Bonchev–Trinajstić information content (AvgIpc) is 3.16. The molecule has 0 saturated heterocycles. The first kappa shape index (κ1) is 17.1. The highest BCUT2D eigenvalue weighted by atomic mass is 16.5. The number of esters is 1. The molecule has 134 valence electrons. The van der Waals surface area contributed by atoms with Gasteiger partial charge in [-0.05, 0) is 34.4 Å². The molecule has 3 heteroatoms. The van der Waals surface area contributed by atoms with Gasteiger partial charge in [-0.15, -0.1) is 0 Å². The van der Waals surface area contributed by atoms with E-state index in [2.05, 4.69) is 30.3 Å². The van der Waals surface area contributed by atoms with E-state index in [1.54, 1.807) is 6.26 Å². The summed E-state index contributed by atoms with van der Waals surface area (Å²) in [6.07, 6.45) is 2.34. The Hall–Kier alpha value is -3.33. The van der Waals surface area contributed by atoms with E-state index >= 15 is 0 Å². The minimum Gasteiger partial charge on any atom is -0.456 e. The topological polar surface area (TPSA) is 39.4 Å². The molecule has 0 amide bonds. The Morgan fingerprint density at radius 3 is 2.44 bits per heavy atom. The van der Waals surface area contributed by atoms with Crippen LogP contribution in [-0.4, -0.2) is 5.97 Å². The molecule has 0 atom stereocenters. The third-order valence-electron chi connectivity index (χ3n) is 4.71. The van der Waals surface area contributed by atoms with Crippen LogP contribution in [0, 0.1) is 0 Å². The molecule has 0 aliphatic carbocycles. The van der Waals surface area contributed by atoms with E-state index in [-0.39, 0.29) is 12.4 Å². The molecule has 1 aromatic heterocycles. The number of carbonyl (C=O) groups excluding carboxylic acids is 1. The second-order valence-electron chi connectivity index (χ2n) is 6.43. The zero-order valence-electron chi connectivity index (χ0n) is 15.1. The van der Waals surface area contributed by atoms with Crippen molar-refractivity contribution in [3.05, 3.63) is 95.9 Å². The van der Waals surface area contributed by atoms with E-state index in [1.807, 2.05) is 49.4 Å². The lowest BCUT2D eigenvalue weighted by Crippen LogP contribution is -2.06. The van der Waals surface area contributed by atoms with Gasteiger partial charge >= 0.3 is 5.97 Å². The quantitative estimate of drug-likeness (QED) is 0.411. The summed E-state index contributed by atoms with van der Waals surface area (Å²) < 4.78 is 11.1. The van der Waals surface area contributed by atoms with Gasteiger partial charge in [-0.25, -0.2) is 4.79 Å². The molecule has 3 aromatic carbocycles. The van der Waals surface area contributed by atoms with Crippen molar-refractivity contribution in [3.63, 3.8) is 0 Å².